The highest BCUT2D eigenvalue weighted by Gasteiger charge is 2.34. The topological polar surface area (TPSA) is 84.3 Å². The smallest absolute Gasteiger partial charge is 0.243 e. The highest BCUT2D eigenvalue weighted by atomic mass is 35.5. The zero-order valence-corrected chi connectivity index (χ0v) is 17.9. The molecule has 2 aliphatic rings. The van der Waals surface area contributed by atoms with E-state index in [2.05, 4.69) is 17.3 Å². The number of benzene rings is 1. The van der Waals surface area contributed by atoms with Crippen molar-refractivity contribution in [1.29, 1.82) is 0 Å². The molecule has 1 aromatic carbocycles. The Morgan fingerprint density at radius 3 is 2.62 bits per heavy atom. The number of hydrogen-bond donors (Lipinski definition) is 1. The standard InChI is InChI=1S/C20H25ClN4O3S/c1-14(15-4-5-15)25-19(10-11-22-25)23-20(26)16-3-2-12-24(13-16)29(27,28)18-8-6-17(21)7-9-18/h6-11,14-16H,2-5,12-13H2,1H3,(H,23,26). The van der Waals surface area contributed by atoms with E-state index in [1.807, 2.05) is 4.68 Å². The number of rotatable bonds is 6. The number of carbonyl (C=O) groups is 1. The molecule has 0 radical (unpaired) electrons. The zero-order valence-electron chi connectivity index (χ0n) is 16.3. The van der Waals surface area contributed by atoms with Crippen LogP contribution in [0.5, 0.6) is 0 Å². The average Bonchev–Trinajstić information content (AvgIpc) is 3.47. The first-order chi connectivity index (χ1) is 13.9. The van der Waals surface area contributed by atoms with Gasteiger partial charge in [-0.3, -0.25) is 4.79 Å². The van der Waals surface area contributed by atoms with Crippen molar-refractivity contribution < 1.29 is 13.2 Å². The molecule has 0 spiro atoms. The van der Waals surface area contributed by atoms with Crippen LogP contribution in [0.3, 0.4) is 0 Å². The van der Waals surface area contributed by atoms with E-state index in [9.17, 15) is 13.2 Å². The lowest BCUT2D eigenvalue weighted by molar-refractivity contribution is -0.120. The third-order valence-corrected chi connectivity index (χ3v) is 7.95. The fourth-order valence-electron chi connectivity index (χ4n) is 3.87. The molecule has 2 heterocycles. The molecule has 2 fully saturated rings. The van der Waals surface area contributed by atoms with Gasteiger partial charge in [-0.1, -0.05) is 11.6 Å². The Morgan fingerprint density at radius 2 is 1.93 bits per heavy atom. The molecule has 1 amide bonds. The molecule has 1 aromatic heterocycles. The number of piperidine rings is 1. The number of nitrogens with one attached hydrogen (secondary N) is 1. The Kier molecular flexibility index (Phi) is 5.68. The van der Waals surface area contributed by atoms with Crippen LogP contribution in [0.1, 0.15) is 38.6 Å². The zero-order chi connectivity index (χ0) is 20.6. The van der Waals surface area contributed by atoms with Gasteiger partial charge in [-0.15, -0.1) is 0 Å². The number of anilines is 1. The van der Waals surface area contributed by atoms with Gasteiger partial charge < -0.3 is 5.32 Å². The van der Waals surface area contributed by atoms with Crippen LogP contribution in [0.4, 0.5) is 5.82 Å². The summed E-state index contributed by atoms with van der Waals surface area (Å²) in [7, 11) is -3.65. The van der Waals surface area contributed by atoms with E-state index < -0.39 is 15.9 Å². The normalized spacial score (nSPS) is 21.7. The molecule has 1 aliphatic heterocycles. The highest BCUT2D eigenvalue weighted by Crippen LogP contribution is 2.40. The van der Waals surface area contributed by atoms with Gasteiger partial charge in [-0.05, 0) is 62.8 Å². The van der Waals surface area contributed by atoms with E-state index in [0.29, 0.717) is 36.1 Å². The summed E-state index contributed by atoms with van der Waals surface area (Å²) in [5.74, 6) is 0.725. The van der Waals surface area contributed by atoms with Crippen molar-refractivity contribution in [3.8, 4) is 0 Å². The van der Waals surface area contributed by atoms with Crippen LogP contribution in [-0.2, 0) is 14.8 Å². The van der Waals surface area contributed by atoms with E-state index in [-0.39, 0.29) is 23.4 Å². The Labute approximate surface area is 176 Å². The highest BCUT2D eigenvalue weighted by molar-refractivity contribution is 7.89. The quantitative estimate of drug-likeness (QED) is 0.750. The van der Waals surface area contributed by atoms with Gasteiger partial charge in [-0.2, -0.15) is 9.40 Å². The lowest BCUT2D eigenvalue weighted by atomic mass is 9.99. The van der Waals surface area contributed by atoms with Crippen LogP contribution in [0, 0.1) is 11.8 Å². The first kappa shape index (κ1) is 20.4. The van der Waals surface area contributed by atoms with Crippen LogP contribution < -0.4 is 5.32 Å². The summed E-state index contributed by atoms with van der Waals surface area (Å²) in [5.41, 5.74) is 0. The minimum absolute atomic E-state index is 0.161. The molecule has 1 N–H and O–H groups in total. The lowest BCUT2D eigenvalue weighted by Gasteiger charge is -2.31. The Hall–Kier alpha value is -1.90. The molecule has 2 atom stereocenters. The van der Waals surface area contributed by atoms with Gasteiger partial charge in [0.1, 0.15) is 5.82 Å². The number of sulfonamides is 1. The number of halogens is 1. The average molecular weight is 437 g/mol. The van der Waals surface area contributed by atoms with Crippen molar-refractivity contribution in [2.45, 2.75) is 43.5 Å². The molecule has 7 nitrogen and oxygen atoms in total. The monoisotopic (exact) mass is 436 g/mol. The van der Waals surface area contributed by atoms with Crippen molar-refractivity contribution in [1.82, 2.24) is 14.1 Å². The van der Waals surface area contributed by atoms with E-state index in [0.717, 1.165) is 0 Å². The van der Waals surface area contributed by atoms with Crippen LogP contribution in [-0.4, -0.2) is 41.5 Å². The van der Waals surface area contributed by atoms with Crippen molar-refractivity contribution in [2.24, 2.45) is 11.8 Å². The SMILES string of the molecule is CC(C1CC1)n1nccc1NC(=O)C1CCCN(S(=O)(=O)c2ccc(Cl)cc2)C1. The summed E-state index contributed by atoms with van der Waals surface area (Å²) in [5, 5.41) is 7.81. The maximum atomic E-state index is 12.9. The molecule has 0 bridgehead atoms. The van der Waals surface area contributed by atoms with Crippen molar-refractivity contribution in [3.63, 3.8) is 0 Å². The first-order valence-corrected chi connectivity index (χ1v) is 11.8. The summed E-state index contributed by atoms with van der Waals surface area (Å²) in [6.07, 6.45) is 5.36. The van der Waals surface area contributed by atoms with Gasteiger partial charge in [0.2, 0.25) is 15.9 Å². The second-order valence-electron chi connectivity index (χ2n) is 7.88. The Morgan fingerprint density at radius 1 is 1.21 bits per heavy atom. The van der Waals surface area contributed by atoms with Crippen LogP contribution in [0.2, 0.25) is 5.02 Å². The van der Waals surface area contributed by atoms with Crippen molar-refractivity contribution in [2.75, 3.05) is 18.4 Å². The summed E-state index contributed by atoms with van der Waals surface area (Å²) in [4.78, 5) is 13.1. The molecular weight excluding hydrogens is 412 g/mol. The maximum absolute atomic E-state index is 12.9. The first-order valence-electron chi connectivity index (χ1n) is 9.96. The fraction of sp³-hybridized carbons (Fsp3) is 0.500. The van der Waals surface area contributed by atoms with E-state index in [4.69, 9.17) is 11.6 Å². The summed E-state index contributed by atoms with van der Waals surface area (Å²) in [6.45, 7) is 2.69. The molecule has 1 saturated heterocycles. The molecular formula is C20H25ClN4O3S. The predicted octanol–water partition coefficient (Wildman–Crippen LogP) is 3.55. The van der Waals surface area contributed by atoms with Gasteiger partial charge in [0.05, 0.1) is 23.1 Å². The number of aromatic nitrogens is 2. The van der Waals surface area contributed by atoms with Gasteiger partial charge in [0.25, 0.3) is 0 Å². The van der Waals surface area contributed by atoms with Gasteiger partial charge >= 0.3 is 0 Å². The molecule has 29 heavy (non-hydrogen) atoms. The van der Waals surface area contributed by atoms with Crippen molar-refractivity contribution in [3.05, 3.63) is 41.6 Å². The third-order valence-electron chi connectivity index (χ3n) is 5.82. The van der Waals surface area contributed by atoms with Gasteiger partial charge in [0.15, 0.2) is 0 Å². The number of carbonyl (C=O) groups excluding carboxylic acids is 1. The molecule has 2 unspecified atom stereocenters. The van der Waals surface area contributed by atoms with Crippen LogP contribution >= 0.6 is 11.6 Å². The Balaban J connectivity index is 1.45. The van der Waals surface area contributed by atoms with E-state index in [1.54, 1.807) is 24.4 Å². The molecule has 9 heteroatoms. The fourth-order valence-corrected chi connectivity index (χ4v) is 5.52. The van der Waals surface area contributed by atoms with E-state index >= 15 is 0 Å². The summed E-state index contributed by atoms with van der Waals surface area (Å²) < 4.78 is 29.2. The summed E-state index contributed by atoms with van der Waals surface area (Å²) >= 11 is 5.87. The molecule has 2 aromatic rings. The van der Waals surface area contributed by atoms with Crippen LogP contribution in [0.15, 0.2) is 41.4 Å². The van der Waals surface area contributed by atoms with E-state index in [1.165, 1.54) is 29.3 Å². The molecule has 4 rings (SSSR count). The lowest BCUT2D eigenvalue weighted by Crippen LogP contribution is -2.43. The van der Waals surface area contributed by atoms with Gasteiger partial charge in [-0.25, -0.2) is 13.1 Å². The molecule has 1 saturated carbocycles. The second kappa shape index (κ2) is 8.08. The minimum Gasteiger partial charge on any atom is -0.311 e. The molecule has 1 aliphatic carbocycles. The maximum Gasteiger partial charge on any atom is 0.243 e. The number of hydrogen-bond acceptors (Lipinski definition) is 4. The largest absolute Gasteiger partial charge is 0.311 e. The molecule has 156 valence electrons. The van der Waals surface area contributed by atoms with Gasteiger partial charge in [0, 0.05) is 24.2 Å². The Bertz CT molecular complexity index is 985. The minimum atomic E-state index is -3.65. The van der Waals surface area contributed by atoms with Crippen molar-refractivity contribution >= 4 is 33.3 Å². The second-order valence-corrected chi connectivity index (χ2v) is 10.3. The third kappa shape index (κ3) is 4.34. The number of amides is 1. The van der Waals surface area contributed by atoms with Crippen LogP contribution in [0.25, 0.3) is 0 Å². The number of nitrogens with zero attached hydrogens (tertiary/aromatic N) is 3. The summed E-state index contributed by atoms with van der Waals surface area (Å²) in [6, 6.07) is 8.16. The predicted molar refractivity (Wildman–Crippen MR) is 111 cm³/mol.